The summed E-state index contributed by atoms with van der Waals surface area (Å²) < 4.78 is 57.4. The third kappa shape index (κ3) is 32.0. The molecule has 49 heteroatoms. The SMILES string of the molecule is CC(=O)N[C@H]1[C@H](OC2[C@@H](CO)OC(O)[C@H](NC(C)=O)[C@H]2O[C@H](C)C(=O)N[C@@H](C)C(=O)NCCCC(=O)N[C@@H](CCn2cc(CCCCCC(N)C(C)=O)nn2)C(=O)O)O[C@H](CO)[C@@H](O[C@@H]2O[C@H](CO)C(O[C@@H]3O[C@H](CO)[C@@H](O)[C@H](O)[C@H]3NC(C)=O)[C@H](O[C@H](C)C(=O)N[C@@H](C)C(=O)NCCCC(=O)N[C@@H](CCCC(N)C(=O)O)C(=O)O)[C@H]2NC(C)=O)[C@@H]1O. The second-order valence-electron chi connectivity index (χ2n) is 30.2. The number of aliphatic carboxylic acids is 3. The normalized spacial score (nSPS) is 28.5. The van der Waals surface area contributed by atoms with Crippen molar-refractivity contribution in [3.63, 3.8) is 0 Å². The molecule has 0 bridgehead atoms. The first-order chi connectivity index (χ1) is 57.5. The number of rotatable bonds is 51. The highest BCUT2D eigenvalue weighted by Crippen LogP contribution is 2.37. The van der Waals surface area contributed by atoms with Crippen molar-refractivity contribution in [2.24, 2.45) is 11.5 Å². The maximum Gasteiger partial charge on any atom is 0.326 e. The lowest BCUT2D eigenvalue weighted by atomic mass is 9.92. The summed E-state index contributed by atoms with van der Waals surface area (Å²) >= 11 is 0. The van der Waals surface area contributed by atoms with Crippen molar-refractivity contribution in [2.45, 2.75) is 323 Å². The van der Waals surface area contributed by atoms with E-state index in [1.807, 2.05) is 0 Å². The van der Waals surface area contributed by atoms with Gasteiger partial charge in [0.15, 0.2) is 25.2 Å². The van der Waals surface area contributed by atoms with Gasteiger partial charge in [-0.05, 0) is 92.4 Å². The van der Waals surface area contributed by atoms with Gasteiger partial charge < -0.3 is 163 Å². The van der Waals surface area contributed by atoms with Gasteiger partial charge in [-0.1, -0.05) is 18.1 Å². The van der Waals surface area contributed by atoms with E-state index in [2.05, 4.69) is 63.5 Å². The quantitative estimate of drug-likeness (QED) is 0.0269. The highest BCUT2D eigenvalue weighted by atomic mass is 16.8. The maximum absolute atomic E-state index is 14.2. The first kappa shape index (κ1) is 104. The van der Waals surface area contributed by atoms with Crippen molar-refractivity contribution in [3.8, 4) is 0 Å². The van der Waals surface area contributed by atoms with E-state index in [9.17, 15) is 118 Å². The van der Waals surface area contributed by atoms with E-state index in [4.69, 9.17) is 59.2 Å². The predicted molar refractivity (Wildman–Crippen MR) is 411 cm³/mol. The number of carboxylic acid groups (broad SMARTS) is 3. The van der Waals surface area contributed by atoms with Gasteiger partial charge in [0.25, 0.3) is 0 Å². The van der Waals surface area contributed by atoms with Gasteiger partial charge in [-0.2, -0.15) is 0 Å². The number of hydrogen-bond acceptors (Lipinski definition) is 35. The molecule has 4 aliphatic heterocycles. The number of amides is 10. The number of nitrogens with two attached hydrogens (primary N) is 2. The largest absolute Gasteiger partial charge is 0.480 e. The molecule has 692 valence electrons. The molecule has 5 heterocycles. The molecular formula is C73H121N15O34. The van der Waals surface area contributed by atoms with E-state index in [1.165, 1.54) is 32.4 Å². The Labute approximate surface area is 700 Å². The number of aliphatic hydroxyl groups is 8. The molecule has 0 spiro atoms. The smallest absolute Gasteiger partial charge is 0.326 e. The predicted octanol–water partition coefficient (Wildman–Crippen LogP) is -10.1. The molecule has 1 aromatic heterocycles. The fourth-order valence-electron chi connectivity index (χ4n) is 13.7. The number of ketones is 1. The summed E-state index contributed by atoms with van der Waals surface area (Å²) in [5.74, 6) is -12.6. The Morgan fingerprint density at radius 1 is 0.451 bits per heavy atom. The molecule has 28 atom stereocenters. The molecule has 4 saturated heterocycles. The van der Waals surface area contributed by atoms with Crippen LogP contribution in [-0.4, -0.2) is 364 Å². The van der Waals surface area contributed by atoms with Crippen molar-refractivity contribution in [2.75, 3.05) is 39.5 Å². The minimum Gasteiger partial charge on any atom is -0.480 e. The summed E-state index contributed by atoms with van der Waals surface area (Å²) in [6.07, 6.45) is -29.7. The lowest BCUT2D eigenvalue weighted by molar-refractivity contribution is -0.365. The summed E-state index contributed by atoms with van der Waals surface area (Å²) in [5.41, 5.74) is 12.0. The number of carboxylic acids is 3. The molecule has 25 N–H and O–H groups in total. The number of carbonyl (C=O) groups is 14. The van der Waals surface area contributed by atoms with Crippen LogP contribution in [0.4, 0.5) is 0 Å². The number of nitrogens with zero attached hydrogens (tertiary/aromatic N) is 3. The van der Waals surface area contributed by atoms with Gasteiger partial charge >= 0.3 is 17.9 Å². The summed E-state index contributed by atoms with van der Waals surface area (Å²) in [5, 5.41) is 151. The van der Waals surface area contributed by atoms with E-state index in [-0.39, 0.29) is 76.8 Å². The van der Waals surface area contributed by atoms with Crippen LogP contribution in [0.25, 0.3) is 0 Å². The molecule has 1 aromatic rings. The van der Waals surface area contributed by atoms with Crippen LogP contribution in [0, 0.1) is 0 Å². The molecule has 0 saturated carbocycles. The van der Waals surface area contributed by atoms with E-state index < -0.39 is 274 Å². The zero-order valence-electron chi connectivity index (χ0n) is 69.2. The Kier molecular flexibility index (Phi) is 43.2. The Bertz CT molecular complexity index is 3630. The molecular weight excluding hydrogens is 1630 g/mol. The van der Waals surface area contributed by atoms with Gasteiger partial charge in [-0.15, -0.1) is 5.10 Å². The standard InChI is InChI=1S/C73H121N15O34/c1-31(63(103)77-24-15-21-50(99)85-44(69(111)112)22-25-88-26-40(86-87-88)16-11-10-12-17-41(74)33(3)93)78-65(105)34(4)114-61-53(82-38(8)96)70(113)116-47(29-91)59(61)121-72-52(81-37(7)95)57(102)58(46(28-90)118-72)120-73-54(83-39(9)97)62(60(48(30-92)119-73)122-71-51(80-36(6)94)56(101)55(100)45(27-89)117-71)115-35(5)66(106)79-32(2)64(104)76-23-14-20-49(98)84-43(68(109)110)19-13-18-42(75)67(107)108/h26,31-32,34-35,41-48,51-62,70-73,89-92,100-102,113H,10-25,27-30,74-75H2,1-9H3,(H,76,104)(H,77,103)(H,78,105)(H,79,106)(H,80,94)(H,81,95)(H,82,96)(H,83,97)(H,84,98)(H,85,99)(H,107,108)(H,109,110)(H,111,112)/t31-,32-,34+,35+,41?,42?,43-,44-,45+,46+,47+,48+,51+,52+,53+,54+,55+,56+,57+,58+,59?,60?,61+,62+,70?,71-,72-,73-/m0/s1. The van der Waals surface area contributed by atoms with Crippen LogP contribution in [0.15, 0.2) is 6.20 Å². The zero-order valence-corrected chi connectivity index (χ0v) is 69.2. The average molecular weight is 1750 g/mol. The van der Waals surface area contributed by atoms with Crippen LogP contribution in [0.5, 0.6) is 0 Å². The van der Waals surface area contributed by atoms with E-state index >= 15 is 0 Å². The minimum atomic E-state index is -2.19. The van der Waals surface area contributed by atoms with Gasteiger partial charge in [-0.25, -0.2) is 9.59 Å². The van der Waals surface area contributed by atoms with Crippen molar-refractivity contribution < 1.29 is 166 Å². The second-order valence-corrected chi connectivity index (χ2v) is 30.2. The lowest BCUT2D eigenvalue weighted by Gasteiger charge is -2.52. The number of aliphatic hydroxyl groups excluding tert-OH is 8. The number of carbonyl (C=O) groups excluding carboxylic acids is 11. The molecule has 0 aromatic carbocycles. The average Bonchev–Trinajstić information content (AvgIpc) is 0.765. The topological polar surface area (TPSA) is 748 Å². The van der Waals surface area contributed by atoms with E-state index in [1.54, 1.807) is 6.20 Å². The summed E-state index contributed by atoms with van der Waals surface area (Å²) in [7, 11) is 0. The molecule has 4 fully saturated rings. The molecule has 4 aliphatic rings. The van der Waals surface area contributed by atoms with Crippen LogP contribution >= 0.6 is 0 Å². The zero-order chi connectivity index (χ0) is 91.1. The third-order valence-corrected chi connectivity index (χ3v) is 20.3. The maximum atomic E-state index is 14.2. The second kappa shape index (κ2) is 50.8. The molecule has 122 heavy (non-hydrogen) atoms. The highest BCUT2D eigenvalue weighted by Gasteiger charge is 2.58. The van der Waals surface area contributed by atoms with Gasteiger partial charge in [0.05, 0.1) is 38.2 Å². The molecule has 49 nitrogen and oxygen atoms in total. The Balaban J connectivity index is 1.34. The number of hydrogen-bond donors (Lipinski definition) is 23. The first-order valence-corrected chi connectivity index (χ1v) is 40.0. The minimum absolute atomic E-state index is 0.0109. The Morgan fingerprint density at radius 2 is 0.869 bits per heavy atom. The van der Waals surface area contributed by atoms with Crippen molar-refractivity contribution in [1.82, 2.24) is 68.2 Å². The number of ether oxygens (including phenoxy) is 9. The number of nitrogens with one attached hydrogen (secondary N) is 10. The van der Waals surface area contributed by atoms with Crippen LogP contribution < -0.4 is 64.6 Å². The number of unbranched alkanes of at least 4 members (excludes halogenated alkanes) is 2. The number of aryl methyl sites for hydroxylation is 2. The van der Waals surface area contributed by atoms with Gasteiger partial charge in [0.2, 0.25) is 59.1 Å². The van der Waals surface area contributed by atoms with Gasteiger partial charge in [0.1, 0.15) is 146 Å². The van der Waals surface area contributed by atoms with Crippen LogP contribution in [0.3, 0.4) is 0 Å². The van der Waals surface area contributed by atoms with E-state index in [0.717, 1.165) is 53.9 Å². The highest BCUT2D eigenvalue weighted by molar-refractivity contribution is 5.90. The summed E-state index contributed by atoms with van der Waals surface area (Å²) in [6, 6.07) is -14.3. The number of Topliss-reactive ketones (excluding diaryl/α,β-unsaturated/α-hetero) is 1. The molecule has 0 radical (unpaired) electrons. The molecule has 10 amide bonds. The van der Waals surface area contributed by atoms with Crippen molar-refractivity contribution in [1.29, 1.82) is 0 Å². The number of aromatic nitrogens is 3. The van der Waals surface area contributed by atoms with E-state index in [0.29, 0.717) is 18.5 Å². The Hall–Kier alpha value is -8.84. The van der Waals surface area contributed by atoms with Crippen molar-refractivity contribution >= 4 is 82.8 Å². The molecule has 5 unspecified atom stereocenters. The monoisotopic (exact) mass is 1750 g/mol. The van der Waals surface area contributed by atoms with Gasteiger partial charge in [-0.3, -0.25) is 62.2 Å². The molecule has 5 rings (SSSR count). The first-order valence-electron chi connectivity index (χ1n) is 40.0. The summed E-state index contributed by atoms with van der Waals surface area (Å²) in [4.78, 5) is 179. The Morgan fingerprint density at radius 3 is 1.34 bits per heavy atom. The van der Waals surface area contributed by atoms with Crippen molar-refractivity contribution in [3.05, 3.63) is 11.9 Å². The lowest BCUT2D eigenvalue weighted by Crippen LogP contribution is -2.72. The third-order valence-electron chi connectivity index (χ3n) is 20.3. The van der Waals surface area contributed by atoms with Crippen LogP contribution in [0.2, 0.25) is 0 Å². The fraction of sp³-hybridized carbons (Fsp3) is 0.781. The van der Waals surface area contributed by atoms with Crippen LogP contribution in [0.1, 0.15) is 145 Å². The fourth-order valence-corrected chi connectivity index (χ4v) is 13.7. The molecule has 0 aliphatic carbocycles. The summed E-state index contributed by atoms with van der Waals surface area (Å²) in [6.45, 7) is 5.86. The van der Waals surface area contributed by atoms with Gasteiger partial charge in [0, 0.05) is 66.4 Å². The van der Waals surface area contributed by atoms with Crippen LogP contribution in [-0.2, 0) is 123 Å².